The number of rotatable bonds is 8. The molecule has 3 nitrogen and oxygen atoms in total. The van der Waals surface area contributed by atoms with E-state index in [1.54, 1.807) is 0 Å². The van der Waals surface area contributed by atoms with Crippen LogP contribution in [0.1, 0.15) is 40.5 Å². The van der Waals surface area contributed by atoms with Gasteiger partial charge in [0, 0.05) is 12.1 Å². The van der Waals surface area contributed by atoms with Crippen LogP contribution in [-0.2, 0) is 4.74 Å². The molecule has 4 unspecified atom stereocenters. The van der Waals surface area contributed by atoms with Gasteiger partial charge in [-0.05, 0) is 39.7 Å². The summed E-state index contributed by atoms with van der Waals surface area (Å²) in [6, 6.07) is 0.727. The zero-order valence-corrected chi connectivity index (χ0v) is 10.9. The summed E-state index contributed by atoms with van der Waals surface area (Å²) >= 11 is 0. The normalized spacial score (nSPS) is 19.6. The third kappa shape index (κ3) is 6.88. The van der Waals surface area contributed by atoms with Gasteiger partial charge in [0.2, 0.25) is 0 Å². The topological polar surface area (TPSA) is 47.3 Å². The zero-order valence-electron chi connectivity index (χ0n) is 10.9. The van der Waals surface area contributed by atoms with Crippen molar-refractivity contribution in [3.63, 3.8) is 0 Å². The highest BCUT2D eigenvalue weighted by Gasteiger charge is 2.14. The van der Waals surface area contributed by atoms with E-state index in [-0.39, 0.29) is 6.04 Å². The molecule has 0 radical (unpaired) electrons. The maximum Gasteiger partial charge on any atom is 0.0587 e. The third-order valence-electron chi connectivity index (χ3n) is 2.99. The van der Waals surface area contributed by atoms with E-state index in [9.17, 15) is 0 Å². The molecule has 0 heterocycles. The lowest BCUT2D eigenvalue weighted by Crippen LogP contribution is -2.33. The monoisotopic (exact) mass is 216 g/mol. The van der Waals surface area contributed by atoms with Crippen LogP contribution in [-0.4, -0.2) is 31.8 Å². The van der Waals surface area contributed by atoms with Crippen molar-refractivity contribution in [2.24, 2.45) is 11.7 Å². The Labute approximate surface area is 94.8 Å². The molecule has 0 aliphatic carbocycles. The van der Waals surface area contributed by atoms with Crippen molar-refractivity contribution in [1.82, 2.24) is 5.32 Å². The van der Waals surface area contributed by atoms with E-state index in [1.165, 1.54) is 0 Å². The van der Waals surface area contributed by atoms with Crippen molar-refractivity contribution in [2.75, 3.05) is 13.7 Å². The Morgan fingerprint density at radius 1 is 1.27 bits per heavy atom. The van der Waals surface area contributed by atoms with E-state index in [4.69, 9.17) is 10.5 Å². The van der Waals surface area contributed by atoms with Crippen molar-refractivity contribution < 1.29 is 4.74 Å². The maximum atomic E-state index is 5.87. The Kier molecular flexibility index (Phi) is 8.02. The van der Waals surface area contributed by atoms with E-state index in [2.05, 4.69) is 26.1 Å². The van der Waals surface area contributed by atoms with Crippen molar-refractivity contribution >= 4 is 0 Å². The highest BCUT2D eigenvalue weighted by Crippen LogP contribution is 2.10. The van der Waals surface area contributed by atoms with Crippen molar-refractivity contribution in [3.05, 3.63) is 0 Å². The molecule has 0 rings (SSSR count). The van der Waals surface area contributed by atoms with Gasteiger partial charge in [-0.2, -0.15) is 0 Å². The van der Waals surface area contributed by atoms with Crippen molar-refractivity contribution in [3.8, 4) is 0 Å². The minimum absolute atomic E-state index is 0.229. The predicted octanol–water partition coefficient (Wildman–Crippen LogP) is 1.76. The first-order chi connectivity index (χ1) is 7.01. The molecule has 0 spiro atoms. The first kappa shape index (κ1) is 14.9. The van der Waals surface area contributed by atoms with Crippen LogP contribution in [0, 0.1) is 5.92 Å². The van der Waals surface area contributed by atoms with E-state index in [0.717, 1.165) is 19.4 Å². The van der Waals surface area contributed by atoms with Crippen LogP contribution in [0.4, 0.5) is 0 Å². The molecule has 0 saturated carbocycles. The number of nitrogens with one attached hydrogen (secondary N) is 1. The molecule has 92 valence electrons. The molecular weight excluding hydrogens is 188 g/mol. The second-order valence-corrected chi connectivity index (χ2v) is 4.63. The molecular formula is C12H28N2O. The summed E-state index contributed by atoms with van der Waals surface area (Å²) in [5.41, 5.74) is 5.77. The number of ether oxygens (including phenoxy) is 1. The number of hydrogen-bond acceptors (Lipinski definition) is 3. The molecule has 3 heteroatoms. The molecule has 0 amide bonds. The van der Waals surface area contributed by atoms with Crippen LogP contribution >= 0.6 is 0 Å². The lowest BCUT2D eigenvalue weighted by Gasteiger charge is -2.24. The van der Waals surface area contributed by atoms with E-state index >= 15 is 0 Å². The van der Waals surface area contributed by atoms with Gasteiger partial charge in [0.1, 0.15) is 0 Å². The minimum atomic E-state index is 0.229. The Bertz CT molecular complexity index is 151. The molecule has 0 aromatic carbocycles. The van der Waals surface area contributed by atoms with Crippen LogP contribution in [0.5, 0.6) is 0 Å². The van der Waals surface area contributed by atoms with Gasteiger partial charge in [0.05, 0.1) is 12.7 Å². The Hall–Kier alpha value is -0.120. The highest BCUT2D eigenvalue weighted by atomic mass is 16.5. The van der Waals surface area contributed by atoms with Gasteiger partial charge < -0.3 is 15.8 Å². The third-order valence-corrected chi connectivity index (χ3v) is 2.99. The molecule has 0 aliphatic heterocycles. The lowest BCUT2D eigenvalue weighted by molar-refractivity contribution is 0.0168. The fourth-order valence-corrected chi connectivity index (χ4v) is 1.48. The quantitative estimate of drug-likeness (QED) is 0.650. The number of hydrogen-bond donors (Lipinski definition) is 2. The minimum Gasteiger partial charge on any atom is -0.378 e. The summed E-state index contributed by atoms with van der Waals surface area (Å²) in [4.78, 5) is 0. The molecule has 0 fully saturated rings. The van der Waals surface area contributed by atoms with Gasteiger partial charge in [-0.3, -0.25) is 0 Å². The van der Waals surface area contributed by atoms with Crippen LogP contribution in [0.25, 0.3) is 0 Å². The summed E-state index contributed by atoms with van der Waals surface area (Å²) in [7, 11) is 1.99. The second-order valence-electron chi connectivity index (χ2n) is 4.63. The van der Waals surface area contributed by atoms with Gasteiger partial charge in [0.25, 0.3) is 0 Å². The molecule has 0 aliphatic rings. The van der Waals surface area contributed by atoms with E-state index in [0.29, 0.717) is 18.1 Å². The van der Waals surface area contributed by atoms with Crippen molar-refractivity contribution in [2.45, 2.75) is 58.7 Å². The van der Waals surface area contributed by atoms with Gasteiger partial charge in [-0.1, -0.05) is 13.8 Å². The average Bonchev–Trinajstić information content (AvgIpc) is 2.21. The van der Waals surface area contributed by atoms with E-state index < -0.39 is 0 Å². The van der Waals surface area contributed by atoms with Gasteiger partial charge in [0.15, 0.2) is 0 Å². The summed E-state index contributed by atoms with van der Waals surface area (Å²) in [6.45, 7) is 9.39. The Balaban J connectivity index is 3.79. The molecule has 0 aromatic heterocycles. The van der Waals surface area contributed by atoms with Gasteiger partial charge in [-0.15, -0.1) is 0 Å². The molecule has 0 saturated heterocycles. The molecule has 0 bridgehead atoms. The van der Waals surface area contributed by atoms with E-state index in [1.807, 2.05) is 14.0 Å². The zero-order chi connectivity index (χ0) is 11.8. The average molecular weight is 216 g/mol. The Morgan fingerprint density at radius 2 is 1.87 bits per heavy atom. The summed E-state index contributed by atoms with van der Waals surface area (Å²) in [5.74, 6) is 0.539. The van der Waals surface area contributed by atoms with Gasteiger partial charge in [-0.25, -0.2) is 0 Å². The second kappa shape index (κ2) is 8.08. The highest BCUT2D eigenvalue weighted by molar-refractivity contribution is 4.68. The van der Waals surface area contributed by atoms with Gasteiger partial charge >= 0.3 is 0 Å². The standard InChI is InChI=1S/C12H28N2O/c1-6-12(7-10(3)13)15-8-9(2)11(4)14-5/h9-12,14H,6-8,13H2,1-5H3. The smallest absolute Gasteiger partial charge is 0.0587 e. The fraction of sp³-hybridized carbons (Fsp3) is 1.00. The SMILES string of the molecule is CCC(CC(C)N)OCC(C)C(C)NC. The molecule has 4 atom stereocenters. The van der Waals surface area contributed by atoms with Crippen LogP contribution < -0.4 is 11.1 Å². The largest absolute Gasteiger partial charge is 0.378 e. The molecule has 3 N–H and O–H groups in total. The maximum absolute atomic E-state index is 5.87. The van der Waals surface area contributed by atoms with Crippen LogP contribution in [0.2, 0.25) is 0 Å². The van der Waals surface area contributed by atoms with Crippen molar-refractivity contribution in [1.29, 1.82) is 0 Å². The van der Waals surface area contributed by atoms with Crippen LogP contribution in [0.3, 0.4) is 0 Å². The van der Waals surface area contributed by atoms with Crippen LogP contribution in [0.15, 0.2) is 0 Å². The number of nitrogens with two attached hydrogens (primary N) is 1. The predicted molar refractivity (Wildman–Crippen MR) is 66.0 cm³/mol. The summed E-state index contributed by atoms with van der Waals surface area (Å²) in [5, 5.41) is 3.24. The first-order valence-electron chi connectivity index (χ1n) is 6.05. The Morgan fingerprint density at radius 3 is 2.27 bits per heavy atom. The first-order valence-corrected chi connectivity index (χ1v) is 6.05. The summed E-state index contributed by atoms with van der Waals surface area (Å²) < 4.78 is 5.87. The molecule has 15 heavy (non-hydrogen) atoms. The lowest BCUT2D eigenvalue weighted by atomic mass is 10.0. The summed E-state index contributed by atoms with van der Waals surface area (Å²) in [6.07, 6.45) is 2.32. The fourth-order valence-electron chi connectivity index (χ4n) is 1.48. The molecule has 0 aromatic rings.